The van der Waals surface area contributed by atoms with Gasteiger partial charge in [0.15, 0.2) is 5.78 Å². The van der Waals surface area contributed by atoms with Gasteiger partial charge < -0.3 is 14.2 Å². The summed E-state index contributed by atoms with van der Waals surface area (Å²) in [7, 11) is 0. The smallest absolute Gasteiger partial charge is 0.187 e. The summed E-state index contributed by atoms with van der Waals surface area (Å²) in [5.74, 6) is 0.533. The van der Waals surface area contributed by atoms with Crippen molar-refractivity contribution in [3.8, 4) is 5.75 Å². The average molecular weight is 342 g/mol. The lowest BCUT2D eigenvalue weighted by Crippen LogP contribution is -2.33. The first kappa shape index (κ1) is 17.5. The number of carbonyl (C=O) groups excluding carboxylic acids is 1. The molecule has 1 aliphatic heterocycles. The Morgan fingerprint density at radius 1 is 1.20 bits per heavy atom. The maximum atomic E-state index is 12.5. The second kappa shape index (κ2) is 8.18. The van der Waals surface area contributed by atoms with Gasteiger partial charge in [0.25, 0.3) is 0 Å². The van der Waals surface area contributed by atoms with E-state index in [1.165, 1.54) is 0 Å². The lowest BCUT2D eigenvalue weighted by Gasteiger charge is -2.23. The Hall–Kier alpha value is -2.31. The summed E-state index contributed by atoms with van der Waals surface area (Å²) in [5, 5.41) is 0. The third kappa shape index (κ3) is 5.08. The predicted octanol–water partition coefficient (Wildman–Crippen LogP) is 2.31. The van der Waals surface area contributed by atoms with Gasteiger partial charge in [-0.05, 0) is 26.0 Å². The Morgan fingerprint density at radius 3 is 2.84 bits per heavy atom. The maximum Gasteiger partial charge on any atom is 0.187 e. The van der Waals surface area contributed by atoms with Crippen LogP contribution in [0.4, 0.5) is 0 Å². The van der Waals surface area contributed by atoms with Gasteiger partial charge in [0.1, 0.15) is 24.2 Å². The van der Waals surface area contributed by atoms with E-state index < -0.39 is 0 Å². The molecule has 25 heavy (non-hydrogen) atoms. The Labute approximate surface area is 147 Å². The van der Waals surface area contributed by atoms with Gasteiger partial charge in [-0.3, -0.25) is 9.78 Å². The number of hydrogen-bond acceptors (Lipinski definition) is 6. The van der Waals surface area contributed by atoms with Gasteiger partial charge in [-0.25, -0.2) is 4.98 Å². The summed E-state index contributed by atoms with van der Waals surface area (Å²) in [6.45, 7) is 5.86. The summed E-state index contributed by atoms with van der Waals surface area (Å²) < 4.78 is 16.7. The van der Waals surface area contributed by atoms with Gasteiger partial charge in [0.2, 0.25) is 0 Å². The number of rotatable bonds is 6. The molecule has 1 atom stereocenters. The van der Waals surface area contributed by atoms with Gasteiger partial charge in [0.05, 0.1) is 26.2 Å². The van der Waals surface area contributed by atoms with E-state index in [-0.39, 0.29) is 18.3 Å². The van der Waals surface area contributed by atoms with Crippen LogP contribution in [0.3, 0.4) is 0 Å². The molecule has 3 rings (SSSR count). The maximum absolute atomic E-state index is 12.5. The SMILES string of the molecule is Cc1cccc(CC(=O)c2cc(OCC3COCCO3)cc(C)n2)n1. The van der Waals surface area contributed by atoms with Crippen LogP contribution < -0.4 is 4.74 Å². The lowest BCUT2D eigenvalue weighted by atomic mass is 10.1. The van der Waals surface area contributed by atoms with Crippen molar-refractivity contribution in [3.05, 3.63) is 53.1 Å². The molecule has 3 heterocycles. The minimum atomic E-state index is -0.0853. The average Bonchev–Trinajstić information content (AvgIpc) is 2.60. The topological polar surface area (TPSA) is 70.5 Å². The second-order valence-corrected chi connectivity index (χ2v) is 6.08. The van der Waals surface area contributed by atoms with Gasteiger partial charge >= 0.3 is 0 Å². The first-order valence-corrected chi connectivity index (χ1v) is 8.37. The zero-order chi connectivity index (χ0) is 17.6. The molecular weight excluding hydrogens is 320 g/mol. The highest BCUT2D eigenvalue weighted by Gasteiger charge is 2.16. The lowest BCUT2D eigenvalue weighted by molar-refractivity contribution is -0.101. The number of nitrogens with zero attached hydrogens (tertiary/aromatic N) is 2. The zero-order valence-electron chi connectivity index (χ0n) is 14.5. The molecule has 0 radical (unpaired) electrons. The zero-order valence-corrected chi connectivity index (χ0v) is 14.5. The number of hydrogen-bond donors (Lipinski definition) is 0. The van der Waals surface area contributed by atoms with Crippen LogP contribution in [0.2, 0.25) is 0 Å². The Morgan fingerprint density at radius 2 is 2.08 bits per heavy atom. The fourth-order valence-corrected chi connectivity index (χ4v) is 2.64. The standard InChI is InChI=1S/C19H22N2O4/c1-13-4-3-5-15(20-13)9-19(22)18-10-16(8-14(2)21-18)25-12-17-11-23-6-7-24-17/h3-5,8,10,17H,6-7,9,11-12H2,1-2H3. The van der Waals surface area contributed by atoms with E-state index in [0.29, 0.717) is 37.9 Å². The summed E-state index contributed by atoms with van der Waals surface area (Å²) in [6.07, 6.45) is 0.134. The van der Waals surface area contributed by atoms with Crippen LogP contribution in [0.15, 0.2) is 30.3 Å². The highest BCUT2D eigenvalue weighted by atomic mass is 16.6. The molecule has 0 saturated carbocycles. The number of ketones is 1. The van der Waals surface area contributed by atoms with Crippen LogP contribution in [0.25, 0.3) is 0 Å². The molecule has 0 bridgehead atoms. The van der Waals surface area contributed by atoms with Crippen LogP contribution in [-0.4, -0.2) is 48.3 Å². The van der Waals surface area contributed by atoms with E-state index in [1.54, 1.807) is 6.07 Å². The Kier molecular flexibility index (Phi) is 5.73. The molecule has 6 heteroatoms. The summed E-state index contributed by atoms with van der Waals surface area (Å²) in [4.78, 5) is 21.2. The van der Waals surface area contributed by atoms with Crippen LogP contribution in [0.5, 0.6) is 5.75 Å². The molecule has 6 nitrogen and oxygen atoms in total. The van der Waals surface area contributed by atoms with E-state index >= 15 is 0 Å². The fourth-order valence-electron chi connectivity index (χ4n) is 2.64. The van der Waals surface area contributed by atoms with Gasteiger partial charge in [-0.1, -0.05) is 6.07 Å². The normalized spacial score (nSPS) is 17.3. The van der Waals surface area contributed by atoms with Gasteiger partial charge in [-0.2, -0.15) is 0 Å². The van der Waals surface area contributed by atoms with E-state index in [9.17, 15) is 4.79 Å². The Bertz CT molecular complexity index is 742. The molecule has 0 spiro atoms. The molecule has 1 fully saturated rings. The van der Waals surface area contributed by atoms with E-state index in [1.807, 2.05) is 38.1 Å². The Balaban J connectivity index is 1.66. The first-order valence-electron chi connectivity index (χ1n) is 8.37. The van der Waals surface area contributed by atoms with Crippen molar-refractivity contribution >= 4 is 5.78 Å². The predicted molar refractivity (Wildman–Crippen MR) is 92.0 cm³/mol. The van der Waals surface area contributed by atoms with E-state index in [0.717, 1.165) is 17.1 Å². The molecule has 1 aliphatic rings. The second-order valence-electron chi connectivity index (χ2n) is 6.08. The van der Waals surface area contributed by atoms with Crippen molar-refractivity contribution in [2.24, 2.45) is 0 Å². The number of aryl methyl sites for hydroxylation is 2. The van der Waals surface area contributed by atoms with Crippen molar-refractivity contribution < 1.29 is 19.0 Å². The number of carbonyl (C=O) groups is 1. The van der Waals surface area contributed by atoms with Crippen molar-refractivity contribution in [2.45, 2.75) is 26.4 Å². The molecule has 1 saturated heterocycles. The minimum Gasteiger partial charge on any atom is -0.491 e. The van der Waals surface area contributed by atoms with Crippen molar-refractivity contribution in [1.29, 1.82) is 0 Å². The molecule has 1 unspecified atom stereocenters. The molecule has 0 aromatic carbocycles. The van der Waals surface area contributed by atoms with Crippen LogP contribution in [0.1, 0.15) is 27.6 Å². The van der Waals surface area contributed by atoms with Crippen LogP contribution in [0, 0.1) is 13.8 Å². The molecule has 0 N–H and O–H groups in total. The number of ether oxygens (including phenoxy) is 3. The van der Waals surface area contributed by atoms with Crippen molar-refractivity contribution in [2.75, 3.05) is 26.4 Å². The van der Waals surface area contributed by atoms with Crippen LogP contribution in [-0.2, 0) is 15.9 Å². The fraction of sp³-hybridized carbons (Fsp3) is 0.421. The van der Waals surface area contributed by atoms with Gasteiger partial charge in [0, 0.05) is 29.2 Å². The summed E-state index contributed by atoms with van der Waals surface area (Å²) in [6, 6.07) is 9.13. The first-order chi connectivity index (χ1) is 12.1. The molecule has 0 aliphatic carbocycles. The molecule has 0 amide bonds. The summed E-state index contributed by atoms with van der Waals surface area (Å²) >= 11 is 0. The van der Waals surface area contributed by atoms with E-state index in [2.05, 4.69) is 9.97 Å². The highest BCUT2D eigenvalue weighted by Crippen LogP contribution is 2.17. The molecule has 132 valence electrons. The van der Waals surface area contributed by atoms with Gasteiger partial charge in [-0.15, -0.1) is 0 Å². The van der Waals surface area contributed by atoms with Crippen molar-refractivity contribution in [3.63, 3.8) is 0 Å². The quantitative estimate of drug-likeness (QED) is 0.750. The molecular formula is C19H22N2O4. The minimum absolute atomic E-state index is 0.0797. The third-order valence-electron chi connectivity index (χ3n) is 3.82. The number of pyridine rings is 2. The number of Topliss-reactive ketones (excluding diaryl/α,β-unsaturated/α-hetero) is 1. The third-order valence-corrected chi connectivity index (χ3v) is 3.82. The highest BCUT2D eigenvalue weighted by molar-refractivity contribution is 5.95. The molecule has 2 aromatic heterocycles. The molecule has 2 aromatic rings. The monoisotopic (exact) mass is 342 g/mol. The number of aromatic nitrogens is 2. The van der Waals surface area contributed by atoms with E-state index in [4.69, 9.17) is 14.2 Å². The van der Waals surface area contributed by atoms with Crippen LogP contribution >= 0.6 is 0 Å². The summed E-state index contributed by atoms with van der Waals surface area (Å²) in [5.41, 5.74) is 2.75. The van der Waals surface area contributed by atoms with Crippen molar-refractivity contribution in [1.82, 2.24) is 9.97 Å². The largest absolute Gasteiger partial charge is 0.491 e.